The van der Waals surface area contributed by atoms with Crippen LogP contribution in [0.2, 0.25) is 0 Å². The van der Waals surface area contributed by atoms with Crippen LogP contribution in [0.1, 0.15) is 25.3 Å². The molecule has 1 aromatic carbocycles. The molecule has 0 aliphatic heterocycles. The van der Waals surface area contributed by atoms with Crippen molar-refractivity contribution < 1.29 is 9.47 Å². The predicted octanol–water partition coefficient (Wildman–Crippen LogP) is 3.10. The van der Waals surface area contributed by atoms with E-state index in [0.717, 1.165) is 62.9 Å². The molecule has 2 aromatic rings. The largest absolute Gasteiger partial charge is 0.493 e. The maximum absolute atomic E-state index is 5.36. The molecule has 0 atom stereocenters. The first-order valence-electron chi connectivity index (χ1n) is 9.47. The summed E-state index contributed by atoms with van der Waals surface area (Å²) in [5.41, 5.74) is 1.23. The molecule has 0 aliphatic carbocycles. The lowest BCUT2D eigenvalue weighted by Gasteiger charge is -2.12. The molecule has 7 nitrogen and oxygen atoms in total. The van der Waals surface area contributed by atoms with Crippen molar-refractivity contribution in [2.24, 2.45) is 4.99 Å². The fraction of sp³-hybridized carbons (Fsp3) is 0.500. The summed E-state index contributed by atoms with van der Waals surface area (Å²) in [5.74, 6) is 2.40. The molecule has 0 radical (unpaired) electrons. The highest BCUT2D eigenvalue weighted by Crippen LogP contribution is 2.27. The summed E-state index contributed by atoms with van der Waals surface area (Å²) in [7, 11) is 3.31. The van der Waals surface area contributed by atoms with Gasteiger partial charge in [0.2, 0.25) is 0 Å². The highest BCUT2D eigenvalue weighted by atomic mass is 127. The van der Waals surface area contributed by atoms with Gasteiger partial charge < -0.3 is 20.1 Å². The maximum Gasteiger partial charge on any atom is 0.191 e. The zero-order valence-electron chi connectivity index (χ0n) is 17.0. The van der Waals surface area contributed by atoms with Gasteiger partial charge in [-0.25, -0.2) is 0 Å². The molecule has 0 spiro atoms. The van der Waals surface area contributed by atoms with Crippen LogP contribution in [-0.2, 0) is 13.0 Å². The first kappa shape index (κ1) is 24.1. The number of aliphatic imine (C=N–C) groups is 1. The van der Waals surface area contributed by atoms with E-state index in [-0.39, 0.29) is 24.0 Å². The van der Waals surface area contributed by atoms with E-state index >= 15 is 0 Å². The van der Waals surface area contributed by atoms with Crippen molar-refractivity contribution in [1.82, 2.24) is 20.4 Å². The van der Waals surface area contributed by atoms with E-state index in [4.69, 9.17) is 9.47 Å². The Morgan fingerprint density at radius 2 is 1.96 bits per heavy atom. The molecular formula is C20H32IN5O2. The van der Waals surface area contributed by atoms with E-state index in [1.807, 2.05) is 29.1 Å². The van der Waals surface area contributed by atoms with Crippen LogP contribution in [-0.4, -0.2) is 49.6 Å². The average Bonchev–Trinajstić information content (AvgIpc) is 3.21. The summed E-state index contributed by atoms with van der Waals surface area (Å²) in [5, 5.41) is 10.9. The SMILES string of the molecule is CCNC(=NCCCn1cccn1)NCCCc1ccc(OC)c(OC)c1.I. The van der Waals surface area contributed by atoms with Gasteiger partial charge in [-0.15, -0.1) is 24.0 Å². The van der Waals surface area contributed by atoms with Crippen molar-refractivity contribution in [2.45, 2.75) is 32.7 Å². The van der Waals surface area contributed by atoms with Gasteiger partial charge >= 0.3 is 0 Å². The molecule has 2 N–H and O–H groups in total. The lowest BCUT2D eigenvalue weighted by molar-refractivity contribution is 0.354. The molecule has 0 bridgehead atoms. The molecule has 0 unspecified atom stereocenters. The number of guanidine groups is 1. The molecule has 0 saturated carbocycles. The summed E-state index contributed by atoms with van der Waals surface area (Å²) >= 11 is 0. The van der Waals surface area contributed by atoms with Gasteiger partial charge in [-0.05, 0) is 49.9 Å². The predicted molar refractivity (Wildman–Crippen MR) is 124 cm³/mol. The van der Waals surface area contributed by atoms with Gasteiger partial charge in [0.1, 0.15) is 0 Å². The van der Waals surface area contributed by atoms with Crippen LogP contribution in [0.3, 0.4) is 0 Å². The minimum Gasteiger partial charge on any atom is -0.493 e. The molecule has 0 saturated heterocycles. The second-order valence-electron chi connectivity index (χ2n) is 6.10. The summed E-state index contributed by atoms with van der Waals surface area (Å²) in [4.78, 5) is 4.62. The lowest BCUT2D eigenvalue weighted by atomic mass is 10.1. The summed E-state index contributed by atoms with van der Waals surface area (Å²) < 4.78 is 12.6. The second-order valence-corrected chi connectivity index (χ2v) is 6.10. The van der Waals surface area contributed by atoms with Crippen LogP contribution in [0.4, 0.5) is 0 Å². The first-order chi connectivity index (χ1) is 13.3. The molecule has 28 heavy (non-hydrogen) atoms. The number of hydrogen-bond donors (Lipinski definition) is 2. The van der Waals surface area contributed by atoms with Crippen molar-refractivity contribution in [3.63, 3.8) is 0 Å². The quantitative estimate of drug-likeness (QED) is 0.214. The Morgan fingerprint density at radius 1 is 1.14 bits per heavy atom. The fourth-order valence-electron chi connectivity index (χ4n) is 2.73. The van der Waals surface area contributed by atoms with E-state index in [2.05, 4.69) is 33.7 Å². The van der Waals surface area contributed by atoms with Crippen LogP contribution >= 0.6 is 24.0 Å². The molecule has 1 aromatic heterocycles. The summed E-state index contributed by atoms with van der Waals surface area (Å²) in [6, 6.07) is 8.00. The smallest absolute Gasteiger partial charge is 0.191 e. The Bertz CT molecular complexity index is 692. The van der Waals surface area contributed by atoms with E-state index < -0.39 is 0 Å². The van der Waals surface area contributed by atoms with Gasteiger partial charge in [0.15, 0.2) is 17.5 Å². The van der Waals surface area contributed by atoms with Crippen molar-refractivity contribution in [2.75, 3.05) is 33.9 Å². The monoisotopic (exact) mass is 501 g/mol. The van der Waals surface area contributed by atoms with E-state index in [9.17, 15) is 0 Å². The van der Waals surface area contributed by atoms with Gasteiger partial charge in [0.25, 0.3) is 0 Å². The average molecular weight is 501 g/mol. The molecule has 156 valence electrons. The summed E-state index contributed by atoms with van der Waals surface area (Å²) in [6.07, 6.45) is 6.71. The Hall–Kier alpha value is -1.97. The number of aryl methyl sites for hydroxylation is 2. The molecule has 0 aliphatic rings. The third kappa shape index (κ3) is 8.37. The van der Waals surface area contributed by atoms with Gasteiger partial charge in [0.05, 0.1) is 14.2 Å². The number of rotatable bonds is 11. The number of nitrogens with zero attached hydrogens (tertiary/aromatic N) is 3. The molecule has 8 heteroatoms. The highest BCUT2D eigenvalue weighted by Gasteiger charge is 2.04. The number of halogens is 1. The van der Waals surface area contributed by atoms with Crippen molar-refractivity contribution in [3.8, 4) is 11.5 Å². The van der Waals surface area contributed by atoms with Crippen molar-refractivity contribution >= 4 is 29.9 Å². The van der Waals surface area contributed by atoms with Crippen molar-refractivity contribution in [3.05, 3.63) is 42.2 Å². The third-order valence-corrected chi connectivity index (χ3v) is 4.10. The number of benzene rings is 1. The number of ether oxygens (including phenoxy) is 2. The van der Waals surface area contributed by atoms with E-state index in [1.165, 1.54) is 5.56 Å². The van der Waals surface area contributed by atoms with Gasteiger partial charge in [0, 0.05) is 38.6 Å². The number of aromatic nitrogens is 2. The Kier molecular flexibility index (Phi) is 12.1. The minimum atomic E-state index is 0. The van der Waals surface area contributed by atoms with Crippen LogP contribution in [0.5, 0.6) is 11.5 Å². The zero-order chi connectivity index (χ0) is 19.3. The third-order valence-electron chi connectivity index (χ3n) is 4.10. The molecule has 2 rings (SSSR count). The molecule has 0 amide bonds. The molecule has 1 heterocycles. The Morgan fingerprint density at radius 3 is 2.64 bits per heavy atom. The maximum atomic E-state index is 5.36. The van der Waals surface area contributed by atoms with Crippen LogP contribution < -0.4 is 20.1 Å². The standard InChI is InChI=1S/C20H31N5O2.HI/c1-4-21-20(23-12-6-14-25-15-7-13-24-25)22-11-5-8-17-9-10-18(26-2)19(16-17)27-3;/h7,9-10,13,15-16H,4-6,8,11-12,14H2,1-3H3,(H2,21,22,23);1H. The van der Waals surface area contributed by atoms with Gasteiger partial charge in [-0.3, -0.25) is 9.67 Å². The van der Waals surface area contributed by atoms with Crippen molar-refractivity contribution in [1.29, 1.82) is 0 Å². The van der Waals surface area contributed by atoms with E-state index in [0.29, 0.717) is 0 Å². The fourth-order valence-corrected chi connectivity index (χ4v) is 2.73. The topological polar surface area (TPSA) is 72.7 Å². The zero-order valence-corrected chi connectivity index (χ0v) is 19.3. The van der Waals surface area contributed by atoms with Crippen LogP contribution in [0.15, 0.2) is 41.7 Å². The number of nitrogens with one attached hydrogen (secondary N) is 2. The Labute approximate surface area is 184 Å². The van der Waals surface area contributed by atoms with Crippen LogP contribution in [0.25, 0.3) is 0 Å². The highest BCUT2D eigenvalue weighted by molar-refractivity contribution is 14.0. The minimum absolute atomic E-state index is 0. The second kappa shape index (κ2) is 14.1. The van der Waals surface area contributed by atoms with Gasteiger partial charge in [-0.1, -0.05) is 6.07 Å². The first-order valence-corrected chi connectivity index (χ1v) is 9.47. The van der Waals surface area contributed by atoms with Gasteiger partial charge in [-0.2, -0.15) is 5.10 Å². The number of methoxy groups -OCH3 is 2. The normalized spacial score (nSPS) is 10.9. The van der Waals surface area contributed by atoms with Crippen LogP contribution in [0, 0.1) is 0 Å². The molecular weight excluding hydrogens is 469 g/mol. The Balaban J connectivity index is 0.00000392. The molecule has 0 fully saturated rings. The summed E-state index contributed by atoms with van der Waals surface area (Å²) in [6.45, 7) is 5.44. The van der Waals surface area contributed by atoms with E-state index in [1.54, 1.807) is 20.4 Å². The number of hydrogen-bond acceptors (Lipinski definition) is 4. The lowest BCUT2D eigenvalue weighted by Crippen LogP contribution is -2.38.